The zero-order chi connectivity index (χ0) is 12.1. The Morgan fingerprint density at radius 1 is 1.24 bits per heavy atom. The molecule has 0 unspecified atom stereocenters. The highest BCUT2D eigenvalue weighted by molar-refractivity contribution is 5.92. The standard InChI is InChI=1S/C12H12N4O/c1-9(10-3-2-4-13-7-10)16-12(17)11-8-14-5-6-15-11/h2-9H,1H3,(H,16,17)/t9-/m0/s1. The Labute approximate surface area is 99.0 Å². The second kappa shape index (κ2) is 5.16. The van der Waals surface area contributed by atoms with E-state index in [0.29, 0.717) is 5.69 Å². The van der Waals surface area contributed by atoms with Crippen LogP contribution in [0.3, 0.4) is 0 Å². The van der Waals surface area contributed by atoms with Gasteiger partial charge in [-0.15, -0.1) is 0 Å². The van der Waals surface area contributed by atoms with E-state index in [1.54, 1.807) is 12.4 Å². The predicted molar refractivity (Wildman–Crippen MR) is 62.2 cm³/mol. The largest absolute Gasteiger partial charge is 0.344 e. The van der Waals surface area contributed by atoms with E-state index in [4.69, 9.17) is 0 Å². The first-order valence-electron chi connectivity index (χ1n) is 5.24. The van der Waals surface area contributed by atoms with Crippen molar-refractivity contribution in [3.05, 3.63) is 54.4 Å². The normalized spacial score (nSPS) is 11.8. The number of hydrogen-bond donors (Lipinski definition) is 1. The molecule has 5 heteroatoms. The first-order chi connectivity index (χ1) is 8.27. The minimum atomic E-state index is -0.241. The van der Waals surface area contributed by atoms with Crippen LogP contribution < -0.4 is 5.32 Å². The second-order valence-electron chi connectivity index (χ2n) is 3.57. The Morgan fingerprint density at radius 2 is 2.06 bits per heavy atom. The van der Waals surface area contributed by atoms with Gasteiger partial charge in [-0.2, -0.15) is 0 Å². The lowest BCUT2D eigenvalue weighted by Gasteiger charge is -2.12. The van der Waals surface area contributed by atoms with Crippen molar-refractivity contribution in [2.75, 3.05) is 0 Å². The molecule has 2 aromatic heterocycles. The van der Waals surface area contributed by atoms with Gasteiger partial charge in [0.25, 0.3) is 5.91 Å². The fourth-order valence-electron chi connectivity index (χ4n) is 1.40. The van der Waals surface area contributed by atoms with E-state index in [1.807, 2.05) is 19.1 Å². The molecule has 2 aromatic rings. The fourth-order valence-corrected chi connectivity index (χ4v) is 1.40. The molecule has 5 nitrogen and oxygen atoms in total. The lowest BCUT2D eigenvalue weighted by molar-refractivity contribution is 0.0934. The Balaban J connectivity index is 2.05. The summed E-state index contributed by atoms with van der Waals surface area (Å²) in [4.78, 5) is 23.6. The molecule has 1 N–H and O–H groups in total. The first kappa shape index (κ1) is 11.2. The molecule has 0 radical (unpaired) electrons. The molecule has 0 aliphatic heterocycles. The molecular weight excluding hydrogens is 216 g/mol. The molecule has 0 aliphatic carbocycles. The number of pyridine rings is 1. The zero-order valence-corrected chi connectivity index (χ0v) is 9.37. The highest BCUT2D eigenvalue weighted by Gasteiger charge is 2.12. The molecule has 1 amide bonds. The number of hydrogen-bond acceptors (Lipinski definition) is 4. The van der Waals surface area contributed by atoms with Crippen LogP contribution in [0.4, 0.5) is 0 Å². The van der Waals surface area contributed by atoms with Crippen LogP contribution in [0, 0.1) is 0 Å². The summed E-state index contributed by atoms with van der Waals surface area (Å²) in [7, 11) is 0. The summed E-state index contributed by atoms with van der Waals surface area (Å²) in [6, 6.07) is 3.63. The van der Waals surface area contributed by atoms with Crippen molar-refractivity contribution in [2.45, 2.75) is 13.0 Å². The summed E-state index contributed by atoms with van der Waals surface area (Å²) < 4.78 is 0. The van der Waals surface area contributed by atoms with Crippen molar-refractivity contribution in [3.63, 3.8) is 0 Å². The van der Waals surface area contributed by atoms with Crippen molar-refractivity contribution in [1.82, 2.24) is 20.3 Å². The molecule has 0 saturated heterocycles. The number of nitrogens with zero attached hydrogens (tertiary/aromatic N) is 3. The first-order valence-corrected chi connectivity index (χ1v) is 5.24. The van der Waals surface area contributed by atoms with Crippen LogP contribution in [0.5, 0.6) is 0 Å². The topological polar surface area (TPSA) is 67.8 Å². The third-order valence-corrected chi connectivity index (χ3v) is 2.33. The second-order valence-corrected chi connectivity index (χ2v) is 3.57. The maximum absolute atomic E-state index is 11.8. The van der Waals surface area contributed by atoms with Gasteiger partial charge in [-0.25, -0.2) is 4.98 Å². The average molecular weight is 228 g/mol. The van der Waals surface area contributed by atoms with E-state index < -0.39 is 0 Å². The van der Waals surface area contributed by atoms with Crippen molar-refractivity contribution in [1.29, 1.82) is 0 Å². The van der Waals surface area contributed by atoms with E-state index in [-0.39, 0.29) is 11.9 Å². The van der Waals surface area contributed by atoms with Crippen LogP contribution in [0.1, 0.15) is 29.0 Å². The van der Waals surface area contributed by atoms with Crippen molar-refractivity contribution >= 4 is 5.91 Å². The van der Waals surface area contributed by atoms with Gasteiger partial charge in [-0.05, 0) is 18.6 Å². The number of rotatable bonds is 3. The summed E-state index contributed by atoms with van der Waals surface area (Å²) in [5, 5.41) is 2.83. The maximum atomic E-state index is 11.8. The number of aromatic nitrogens is 3. The molecule has 86 valence electrons. The predicted octanol–water partition coefficient (Wildman–Crippen LogP) is 1.36. The smallest absolute Gasteiger partial charge is 0.271 e. The molecule has 0 spiro atoms. The molecule has 17 heavy (non-hydrogen) atoms. The van der Waals surface area contributed by atoms with Crippen molar-refractivity contribution < 1.29 is 4.79 Å². The third-order valence-electron chi connectivity index (χ3n) is 2.33. The molecule has 0 saturated carbocycles. The summed E-state index contributed by atoms with van der Waals surface area (Å²) in [5.74, 6) is -0.241. The Morgan fingerprint density at radius 3 is 2.71 bits per heavy atom. The Kier molecular flexibility index (Phi) is 3.40. The van der Waals surface area contributed by atoms with Crippen molar-refractivity contribution in [3.8, 4) is 0 Å². The number of carbonyl (C=O) groups excluding carboxylic acids is 1. The van der Waals surface area contributed by atoms with Gasteiger partial charge in [0.1, 0.15) is 5.69 Å². The quantitative estimate of drug-likeness (QED) is 0.861. The minimum Gasteiger partial charge on any atom is -0.344 e. The zero-order valence-electron chi connectivity index (χ0n) is 9.37. The van der Waals surface area contributed by atoms with Crippen LogP contribution in [-0.4, -0.2) is 20.9 Å². The summed E-state index contributed by atoms with van der Waals surface area (Å²) in [6.07, 6.45) is 7.87. The van der Waals surface area contributed by atoms with Crippen LogP contribution >= 0.6 is 0 Å². The third kappa shape index (κ3) is 2.84. The van der Waals surface area contributed by atoms with Crippen LogP contribution in [0.15, 0.2) is 43.1 Å². The van der Waals surface area contributed by atoms with Gasteiger partial charge in [0.05, 0.1) is 12.2 Å². The lowest BCUT2D eigenvalue weighted by Crippen LogP contribution is -2.27. The van der Waals surface area contributed by atoms with Gasteiger partial charge in [0.15, 0.2) is 0 Å². The van der Waals surface area contributed by atoms with Gasteiger partial charge in [-0.3, -0.25) is 14.8 Å². The van der Waals surface area contributed by atoms with Gasteiger partial charge < -0.3 is 5.32 Å². The molecule has 0 bridgehead atoms. The minimum absolute atomic E-state index is 0.113. The molecule has 0 fully saturated rings. The molecule has 2 rings (SSSR count). The summed E-state index contributed by atoms with van der Waals surface area (Å²) >= 11 is 0. The molecule has 2 heterocycles. The lowest BCUT2D eigenvalue weighted by atomic mass is 10.1. The molecular formula is C12H12N4O. The SMILES string of the molecule is C[C@H](NC(=O)c1cnccn1)c1cccnc1. The fraction of sp³-hybridized carbons (Fsp3) is 0.167. The number of carbonyl (C=O) groups is 1. The highest BCUT2D eigenvalue weighted by Crippen LogP contribution is 2.10. The van der Waals surface area contributed by atoms with Crippen molar-refractivity contribution in [2.24, 2.45) is 0 Å². The summed E-state index contributed by atoms with van der Waals surface area (Å²) in [5.41, 5.74) is 1.26. The van der Waals surface area contributed by atoms with Gasteiger partial charge in [0.2, 0.25) is 0 Å². The molecule has 1 atom stereocenters. The van der Waals surface area contributed by atoms with E-state index >= 15 is 0 Å². The van der Waals surface area contributed by atoms with E-state index in [2.05, 4.69) is 20.3 Å². The van der Waals surface area contributed by atoms with Crippen LogP contribution in [0.2, 0.25) is 0 Å². The Bertz CT molecular complexity index is 486. The Hall–Kier alpha value is -2.30. The van der Waals surface area contributed by atoms with Crippen LogP contribution in [-0.2, 0) is 0 Å². The van der Waals surface area contributed by atoms with E-state index in [0.717, 1.165) is 5.56 Å². The van der Waals surface area contributed by atoms with E-state index in [1.165, 1.54) is 18.6 Å². The molecule has 0 aliphatic rings. The number of amides is 1. The maximum Gasteiger partial charge on any atom is 0.271 e. The van der Waals surface area contributed by atoms with Gasteiger partial charge in [0, 0.05) is 24.8 Å². The van der Waals surface area contributed by atoms with Gasteiger partial charge in [-0.1, -0.05) is 6.07 Å². The monoisotopic (exact) mass is 228 g/mol. The highest BCUT2D eigenvalue weighted by atomic mass is 16.1. The van der Waals surface area contributed by atoms with Crippen LogP contribution in [0.25, 0.3) is 0 Å². The molecule has 0 aromatic carbocycles. The number of nitrogens with one attached hydrogen (secondary N) is 1. The van der Waals surface area contributed by atoms with Gasteiger partial charge >= 0.3 is 0 Å². The van der Waals surface area contributed by atoms with E-state index in [9.17, 15) is 4.79 Å². The average Bonchev–Trinajstić information content (AvgIpc) is 2.40. The summed E-state index contributed by atoms with van der Waals surface area (Å²) in [6.45, 7) is 1.89.